The fraction of sp³-hybridized carbons (Fsp3) is 0.263. The number of amides is 1. The number of halogens is 4. The second-order valence-corrected chi connectivity index (χ2v) is 6.59. The normalized spacial score (nSPS) is 12.8. The molecular weight excluding hydrogens is 392 g/mol. The highest BCUT2D eigenvalue weighted by Crippen LogP contribution is 2.32. The van der Waals surface area contributed by atoms with E-state index in [1.807, 2.05) is 0 Å². The van der Waals surface area contributed by atoms with Gasteiger partial charge in [0.2, 0.25) is 11.7 Å². The maximum absolute atomic E-state index is 13.5. The fourth-order valence-electron chi connectivity index (χ4n) is 2.60. The summed E-state index contributed by atoms with van der Waals surface area (Å²) < 4.78 is 57.4. The molecule has 0 aliphatic heterocycles. The summed E-state index contributed by atoms with van der Waals surface area (Å²) in [6, 6.07) is 4.71. The van der Waals surface area contributed by atoms with E-state index in [1.54, 1.807) is 32.2 Å². The van der Waals surface area contributed by atoms with E-state index in [0.717, 1.165) is 6.07 Å². The van der Waals surface area contributed by atoms with Gasteiger partial charge in [-0.1, -0.05) is 19.0 Å². The van der Waals surface area contributed by atoms with Crippen molar-refractivity contribution in [2.45, 2.75) is 26.1 Å². The molecule has 0 aliphatic carbocycles. The van der Waals surface area contributed by atoms with Crippen LogP contribution in [-0.4, -0.2) is 21.0 Å². The zero-order valence-corrected chi connectivity index (χ0v) is 15.4. The number of carbonyl (C=O) groups is 1. The number of carbonyl (C=O) groups excluding carboxylic acids is 1. The maximum Gasteiger partial charge on any atom is 0.419 e. The van der Waals surface area contributed by atoms with Crippen LogP contribution in [0, 0.1) is 11.7 Å². The van der Waals surface area contributed by atoms with Gasteiger partial charge < -0.3 is 9.84 Å². The van der Waals surface area contributed by atoms with Crippen molar-refractivity contribution in [3.05, 3.63) is 65.6 Å². The van der Waals surface area contributed by atoms with E-state index in [2.05, 4.69) is 20.4 Å². The van der Waals surface area contributed by atoms with Crippen LogP contribution in [0.4, 0.5) is 17.6 Å². The molecule has 3 aromatic rings. The Kier molecular flexibility index (Phi) is 5.62. The molecule has 0 radical (unpaired) electrons. The maximum atomic E-state index is 13.5. The molecule has 1 N–H and O–H groups in total. The molecule has 6 nitrogen and oxygen atoms in total. The minimum absolute atomic E-state index is 0.0883. The van der Waals surface area contributed by atoms with E-state index < -0.39 is 29.5 Å². The van der Waals surface area contributed by atoms with Gasteiger partial charge in [0.1, 0.15) is 11.9 Å². The van der Waals surface area contributed by atoms with Crippen LogP contribution in [0.15, 0.2) is 47.2 Å². The van der Waals surface area contributed by atoms with Crippen molar-refractivity contribution < 1.29 is 26.9 Å². The molecule has 1 aromatic carbocycles. The van der Waals surface area contributed by atoms with Gasteiger partial charge in [0.25, 0.3) is 5.91 Å². The summed E-state index contributed by atoms with van der Waals surface area (Å²) in [6.45, 7) is 3.54. The van der Waals surface area contributed by atoms with Crippen molar-refractivity contribution in [1.82, 2.24) is 20.4 Å². The van der Waals surface area contributed by atoms with Crippen molar-refractivity contribution in [2.24, 2.45) is 5.92 Å². The lowest BCUT2D eigenvalue weighted by molar-refractivity contribution is -0.140. The van der Waals surface area contributed by atoms with Gasteiger partial charge in [-0.05, 0) is 36.2 Å². The van der Waals surface area contributed by atoms with E-state index in [4.69, 9.17) is 4.52 Å². The number of aromatic nitrogens is 3. The summed E-state index contributed by atoms with van der Waals surface area (Å²) in [5.41, 5.74) is -1.25. The highest BCUT2D eigenvalue weighted by Gasteiger charge is 2.35. The van der Waals surface area contributed by atoms with E-state index >= 15 is 0 Å². The number of hydrogen-bond acceptors (Lipinski definition) is 5. The fourth-order valence-corrected chi connectivity index (χ4v) is 2.60. The molecule has 1 unspecified atom stereocenters. The number of hydrogen-bond donors (Lipinski definition) is 1. The van der Waals surface area contributed by atoms with Crippen LogP contribution in [0.1, 0.15) is 41.7 Å². The summed E-state index contributed by atoms with van der Waals surface area (Å²) in [4.78, 5) is 20.7. The van der Waals surface area contributed by atoms with Crippen LogP contribution in [0.25, 0.3) is 11.4 Å². The van der Waals surface area contributed by atoms with E-state index in [-0.39, 0.29) is 23.2 Å². The number of pyridine rings is 1. The van der Waals surface area contributed by atoms with Gasteiger partial charge in [-0.3, -0.25) is 9.78 Å². The van der Waals surface area contributed by atoms with Gasteiger partial charge in [0.05, 0.1) is 5.56 Å². The molecule has 29 heavy (non-hydrogen) atoms. The summed E-state index contributed by atoms with van der Waals surface area (Å²) in [6.07, 6.45) is -1.79. The second-order valence-electron chi connectivity index (χ2n) is 6.59. The average Bonchev–Trinajstić information content (AvgIpc) is 3.15. The molecule has 0 bridgehead atoms. The van der Waals surface area contributed by atoms with Crippen molar-refractivity contribution in [3.63, 3.8) is 0 Å². The van der Waals surface area contributed by atoms with E-state index in [0.29, 0.717) is 17.7 Å². The monoisotopic (exact) mass is 408 g/mol. The first kappa shape index (κ1) is 20.4. The number of alkyl halides is 3. The Labute approximate surface area is 163 Å². The van der Waals surface area contributed by atoms with Gasteiger partial charge in [-0.25, -0.2) is 4.39 Å². The van der Waals surface area contributed by atoms with Gasteiger partial charge in [0, 0.05) is 23.5 Å². The Hall–Kier alpha value is -3.30. The van der Waals surface area contributed by atoms with Gasteiger partial charge in [-0.2, -0.15) is 18.2 Å². The SMILES string of the molecule is CC(C)C(NC(=O)c1ccc(F)c(C(F)(F)F)c1)c1nc(-c2cccnc2)no1. The van der Waals surface area contributed by atoms with Gasteiger partial charge in [-0.15, -0.1) is 0 Å². The number of nitrogens with one attached hydrogen (secondary N) is 1. The first-order valence-corrected chi connectivity index (χ1v) is 8.58. The topological polar surface area (TPSA) is 80.9 Å². The van der Waals surface area contributed by atoms with E-state index in [1.165, 1.54) is 6.20 Å². The number of benzene rings is 1. The number of nitrogens with zero attached hydrogens (tertiary/aromatic N) is 3. The molecule has 2 heterocycles. The smallest absolute Gasteiger partial charge is 0.340 e. The van der Waals surface area contributed by atoms with Crippen LogP contribution < -0.4 is 5.32 Å². The first-order valence-electron chi connectivity index (χ1n) is 8.58. The average molecular weight is 408 g/mol. The molecule has 2 aromatic heterocycles. The molecule has 1 amide bonds. The molecule has 0 aliphatic rings. The van der Waals surface area contributed by atoms with Crippen LogP contribution >= 0.6 is 0 Å². The molecule has 3 rings (SSSR count). The van der Waals surface area contributed by atoms with Gasteiger partial charge >= 0.3 is 6.18 Å². The summed E-state index contributed by atoms with van der Waals surface area (Å²) in [5.74, 6) is -2.15. The highest BCUT2D eigenvalue weighted by molar-refractivity contribution is 5.94. The van der Waals surface area contributed by atoms with Crippen LogP contribution in [0.5, 0.6) is 0 Å². The molecule has 10 heteroatoms. The molecule has 1 atom stereocenters. The highest BCUT2D eigenvalue weighted by atomic mass is 19.4. The predicted octanol–water partition coefficient (Wildman–Crippen LogP) is 4.42. The minimum Gasteiger partial charge on any atom is -0.340 e. The molecule has 0 saturated carbocycles. The third kappa shape index (κ3) is 4.58. The first-order chi connectivity index (χ1) is 13.7. The lowest BCUT2D eigenvalue weighted by Crippen LogP contribution is -2.32. The molecule has 0 spiro atoms. The molecule has 0 fully saturated rings. The zero-order valence-electron chi connectivity index (χ0n) is 15.4. The van der Waals surface area contributed by atoms with Crippen LogP contribution in [0.2, 0.25) is 0 Å². The quantitative estimate of drug-likeness (QED) is 0.633. The van der Waals surface area contributed by atoms with Crippen molar-refractivity contribution in [2.75, 3.05) is 0 Å². The Morgan fingerprint density at radius 2 is 1.97 bits per heavy atom. The lowest BCUT2D eigenvalue weighted by atomic mass is 10.0. The summed E-state index contributed by atoms with van der Waals surface area (Å²) >= 11 is 0. The van der Waals surface area contributed by atoms with Crippen molar-refractivity contribution in [1.29, 1.82) is 0 Å². The lowest BCUT2D eigenvalue weighted by Gasteiger charge is -2.19. The summed E-state index contributed by atoms with van der Waals surface area (Å²) in [5, 5.41) is 6.42. The summed E-state index contributed by atoms with van der Waals surface area (Å²) in [7, 11) is 0. The third-order valence-electron chi connectivity index (χ3n) is 4.11. The van der Waals surface area contributed by atoms with Crippen LogP contribution in [-0.2, 0) is 6.18 Å². The zero-order chi connectivity index (χ0) is 21.2. The van der Waals surface area contributed by atoms with E-state index in [9.17, 15) is 22.4 Å². The second kappa shape index (κ2) is 7.98. The standard InChI is InChI=1S/C19H16F4N4O2/c1-10(2)15(18-26-16(27-29-18)12-4-3-7-24-9-12)25-17(28)11-5-6-14(20)13(8-11)19(21,22)23/h3-10,15H,1-2H3,(H,25,28). The Morgan fingerprint density at radius 1 is 1.21 bits per heavy atom. The molecule has 0 saturated heterocycles. The van der Waals surface area contributed by atoms with Crippen molar-refractivity contribution in [3.8, 4) is 11.4 Å². The molecular formula is C19H16F4N4O2. The Bertz CT molecular complexity index is 1000. The molecule has 152 valence electrons. The van der Waals surface area contributed by atoms with Crippen LogP contribution in [0.3, 0.4) is 0 Å². The minimum atomic E-state index is -4.91. The number of rotatable bonds is 5. The predicted molar refractivity (Wildman–Crippen MR) is 94.0 cm³/mol. The van der Waals surface area contributed by atoms with Crippen molar-refractivity contribution >= 4 is 5.91 Å². The van der Waals surface area contributed by atoms with Gasteiger partial charge in [0.15, 0.2) is 0 Å². The Morgan fingerprint density at radius 3 is 2.59 bits per heavy atom. The largest absolute Gasteiger partial charge is 0.419 e. The third-order valence-corrected chi connectivity index (χ3v) is 4.11. The Balaban J connectivity index is 1.85.